The van der Waals surface area contributed by atoms with Gasteiger partial charge in [0.2, 0.25) is 0 Å². The monoisotopic (exact) mass is 272 g/mol. The fraction of sp³-hybridized carbons (Fsp3) is 0.545. The molecule has 0 saturated heterocycles. The zero-order valence-electron chi connectivity index (χ0n) is 10.0. The normalized spacial score (nSPS) is 22.9. The van der Waals surface area contributed by atoms with Gasteiger partial charge in [0, 0.05) is 23.4 Å². The van der Waals surface area contributed by atoms with E-state index in [0.29, 0.717) is 11.3 Å². The molecule has 0 aliphatic heterocycles. The van der Waals surface area contributed by atoms with Gasteiger partial charge < -0.3 is 10.4 Å². The Morgan fingerprint density at radius 1 is 1.28 bits per heavy atom. The van der Waals surface area contributed by atoms with Gasteiger partial charge in [0.05, 0.1) is 0 Å². The first-order chi connectivity index (χ1) is 8.52. The zero-order chi connectivity index (χ0) is 13.5. The number of nitrogens with one attached hydrogen (secondary N) is 2. The maximum Gasteiger partial charge on any atom is 0.328 e. The van der Waals surface area contributed by atoms with Crippen LogP contribution in [0.25, 0.3) is 0 Å². The molecule has 1 aliphatic rings. The third kappa shape index (κ3) is 4.79. The number of carbonyl (C=O) groups is 3. The number of rotatable bonds is 4. The van der Waals surface area contributed by atoms with Crippen LogP contribution in [-0.4, -0.2) is 40.6 Å². The van der Waals surface area contributed by atoms with Crippen LogP contribution in [-0.2, 0) is 9.59 Å². The molecule has 0 spiro atoms. The third-order valence-corrected chi connectivity index (χ3v) is 3.86. The van der Waals surface area contributed by atoms with E-state index in [1.165, 1.54) is 0 Å². The van der Waals surface area contributed by atoms with Gasteiger partial charge in [0.1, 0.15) is 0 Å². The third-order valence-electron chi connectivity index (χ3n) is 2.69. The Kier molecular flexibility index (Phi) is 5.70. The Balaban J connectivity index is 2.37. The first-order valence-corrected chi connectivity index (χ1v) is 6.87. The zero-order valence-corrected chi connectivity index (χ0v) is 10.8. The highest BCUT2D eigenvalue weighted by Gasteiger charge is 2.27. The Labute approximate surface area is 109 Å². The van der Waals surface area contributed by atoms with E-state index in [4.69, 9.17) is 5.11 Å². The molecule has 1 aliphatic carbocycles. The number of urea groups is 1. The molecule has 100 valence electrons. The molecule has 1 saturated carbocycles. The smallest absolute Gasteiger partial charge is 0.328 e. The highest BCUT2D eigenvalue weighted by Crippen LogP contribution is 2.28. The van der Waals surface area contributed by atoms with E-state index in [1.54, 1.807) is 11.8 Å². The lowest BCUT2D eigenvalue weighted by Crippen LogP contribution is -2.46. The van der Waals surface area contributed by atoms with Crippen molar-refractivity contribution in [1.29, 1.82) is 0 Å². The van der Waals surface area contributed by atoms with Crippen LogP contribution in [0.3, 0.4) is 0 Å². The molecule has 3 N–H and O–H groups in total. The Morgan fingerprint density at radius 3 is 2.61 bits per heavy atom. The average molecular weight is 272 g/mol. The predicted octanol–water partition coefficient (Wildman–Crippen LogP) is 0.737. The maximum absolute atomic E-state index is 11.5. The molecule has 2 unspecified atom stereocenters. The average Bonchev–Trinajstić information content (AvgIpc) is 2.73. The van der Waals surface area contributed by atoms with Crippen molar-refractivity contribution in [2.45, 2.75) is 30.6 Å². The summed E-state index contributed by atoms with van der Waals surface area (Å²) in [7, 11) is 0. The lowest BCUT2D eigenvalue weighted by molar-refractivity contribution is -0.131. The molecule has 0 aromatic heterocycles. The van der Waals surface area contributed by atoms with Crippen LogP contribution in [0, 0.1) is 0 Å². The number of carbonyl (C=O) groups excluding carboxylic acids is 2. The number of hydrogen-bond acceptors (Lipinski definition) is 4. The van der Waals surface area contributed by atoms with E-state index in [9.17, 15) is 14.4 Å². The fourth-order valence-electron chi connectivity index (χ4n) is 1.88. The van der Waals surface area contributed by atoms with Gasteiger partial charge in [0.15, 0.2) is 0 Å². The molecule has 6 nitrogen and oxygen atoms in total. The Hall–Kier alpha value is -1.50. The van der Waals surface area contributed by atoms with Gasteiger partial charge in [-0.05, 0) is 19.1 Å². The standard InChI is InChI=1S/C11H16N2O4S/c1-18-8-4-2-3-7(8)12-11(17)13-9(14)5-6-10(15)16/h5-8H,2-4H2,1H3,(H,15,16)(H2,12,13,14,17)/b6-5+. The topological polar surface area (TPSA) is 95.5 Å². The van der Waals surface area contributed by atoms with Gasteiger partial charge in [-0.15, -0.1) is 0 Å². The van der Waals surface area contributed by atoms with Crippen molar-refractivity contribution in [3.8, 4) is 0 Å². The fourth-order valence-corrected chi connectivity index (χ4v) is 2.81. The van der Waals surface area contributed by atoms with E-state index in [-0.39, 0.29) is 6.04 Å². The number of aliphatic carboxylic acids is 1. The van der Waals surface area contributed by atoms with Crippen LogP contribution in [0.5, 0.6) is 0 Å². The van der Waals surface area contributed by atoms with Gasteiger partial charge in [-0.3, -0.25) is 10.1 Å². The van der Waals surface area contributed by atoms with Gasteiger partial charge >= 0.3 is 12.0 Å². The van der Waals surface area contributed by atoms with Gasteiger partial charge in [-0.2, -0.15) is 11.8 Å². The van der Waals surface area contributed by atoms with E-state index in [1.807, 2.05) is 6.26 Å². The van der Waals surface area contributed by atoms with Crippen LogP contribution in [0.1, 0.15) is 19.3 Å². The molecule has 0 radical (unpaired) electrons. The highest BCUT2D eigenvalue weighted by atomic mass is 32.2. The summed E-state index contributed by atoms with van der Waals surface area (Å²) in [6.45, 7) is 0. The number of amides is 3. The highest BCUT2D eigenvalue weighted by molar-refractivity contribution is 7.99. The van der Waals surface area contributed by atoms with Gasteiger partial charge in [-0.25, -0.2) is 9.59 Å². The molecule has 0 bridgehead atoms. The van der Waals surface area contributed by atoms with Crippen LogP contribution < -0.4 is 10.6 Å². The summed E-state index contributed by atoms with van der Waals surface area (Å²) in [6, 6.07) is -0.516. The Bertz CT molecular complexity index is 370. The van der Waals surface area contributed by atoms with Crippen molar-refractivity contribution in [2.75, 3.05) is 6.26 Å². The number of carboxylic acids is 1. The first kappa shape index (κ1) is 14.6. The minimum Gasteiger partial charge on any atom is -0.478 e. The summed E-state index contributed by atoms with van der Waals surface area (Å²) < 4.78 is 0. The second kappa shape index (κ2) is 7.05. The summed E-state index contributed by atoms with van der Waals surface area (Å²) in [4.78, 5) is 32.8. The summed E-state index contributed by atoms with van der Waals surface area (Å²) in [5.41, 5.74) is 0. The van der Waals surface area contributed by atoms with Crippen molar-refractivity contribution in [2.24, 2.45) is 0 Å². The second-order valence-electron chi connectivity index (χ2n) is 3.95. The summed E-state index contributed by atoms with van der Waals surface area (Å²) in [6.07, 6.45) is 6.50. The molecular formula is C11H16N2O4S. The molecule has 18 heavy (non-hydrogen) atoms. The molecular weight excluding hydrogens is 256 g/mol. The van der Waals surface area contributed by atoms with Crippen LogP contribution >= 0.6 is 11.8 Å². The predicted molar refractivity (Wildman–Crippen MR) is 68.4 cm³/mol. The van der Waals surface area contributed by atoms with E-state index in [2.05, 4.69) is 10.6 Å². The van der Waals surface area contributed by atoms with E-state index in [0.717, 1.165) is 25.3 Å². The van der Waals surface area contributed by atoms with Crippen molar-refractivity contribution < 1.29 is 19.5 Å². The first-order valence-electron chi connectivity index (χ1n) is 5.58. The van der Waals surface area contributed by atoms with Crippen LogP contribution in [0.15, 0.2) is 12.2 Å². The molecule has 0 aromatic carbocycles. The summed E-state index contributed by atoms with van der Waals surface area (Å²) in [5, 5.41) is 13.5. The summed E-state index contributed by atoms with van der Waals surface area (Å²) in [5.74, 6) is -1.97. The molecule has 2 atom stereocenters. The minimum absolute atomic E-state index is 0.0660. The van der Waals surface area contributed by atoms with Crippen LogP contribution in [0.4, 0.5) is 4.79 Å². The van der Waals surface area contributed by atoms with Crippen molar-refractivity contribution in [3.63, 3.8) is 0 Å². The van der Waals surface area contributed by atoms with Gasteiger partial charge in [0.25, 0.3) is 5.91 Å². The van der Waals surface area contributed by atoms with Crippen molar-refractivity contribution >= 4 is 29.7 Å². The number of imide groups is 1. The van der Waals surface area contributed by atoms with E-state index >= 15 is 0 Å². The minimum atomic E-state index is -1.23. The van der Waals surface area contributed by atoms with Crippen LogP contribution in [0.2, 0.25) is 0 Å². The second-order valence-corrected chi connectivity index (χ2v) is 5.02. The SMILES string of the molecule is CSC1CCCC1NC(=O)NC(=O)/C=C/C(=O)O. The molecule has 7 heteroatoms. The number of hydrogen-bond donors (Lipinski definition) is 3. The van der Waals surface area contributed by atoms with E-state index < -0.39 is 17.9 Å². The molecule has 0 heterocycles. The molecule has 1 rings (SSSR count). The lowest BCUT2D eigenvalue weighted by Gasteiger charge is -2.18. The van der Waals surface area contributed by atoms with Crippen molar-refractivity contribution in [3.05, 3.63) is 12.2 Å². The number of thioether (sulfide) groups is 1. The van der Waals surface area contributed by atoms with Crippen molar-refractivity contribution in [1.82, 2.24) is 10.6 Å². The largest absolute Gasteiger partial charge is 0.478 e. The molecule has 3 amide bonds. The number of carboxylic acid groups (broad SMARTS) is 1. The molecule has 0 aromatic rings. The maximum atomic E-state index is 11.5. The lowest BCUT2D eigenvalue weighted by atomic mass is 10.2. The summed E-state index contributed by atoms with van der Waals surface area (Å²) >= 11 is 1.70. The Morgan fingerprint density at radius 2 is 2.00 bits per heavy atom. The quantitative estimate of drug-likeness (QED) is 0.656. The molecule has 1 fully saturated rings. The van der Waals surface area contributed by atoms with Gasteiger partial charge in [-0.1, -0.05) is 6.42 Å².